The Morgan fingerprint density at radius 2 is 1.41 bits per heavy atom. The van der Waals surface area contributed by atoms with E-state index in [1.807, 2.05) is 97.9 Å². The lowest BCUT2D eigenvalue weighted by atomic mass is 10.2. The van der Waals surface area contributed by atoms with Crippen LogP contribution in [0, 0.1) is 6.92 Å². The number of rotatable bonds is 10. The Labute approximate surface area is 259 Å². The van der Waals surface area contributed by atoms with Gasteiger partial charge in [-0.1, -0.05) is 112 Å². The van der Waals surface area contributed by atoms with E-state index in [0.717, 1.165) is 21.3 Å². The lowest BCUT2D eigenvalue weighted by Crippen LogP contribution is -2.68. The van der Waals surface area contributed by atoms with Crippen molar-refractivity contribution >= 4 is 41.5 Å². The summed E-state index contributed by atoms with van der Waals surface area (Å²) >= 11 is 0. The molecule has 8 heteroatoms. The van der Waals surface area contributed by atoms with Crippen molar-refractivity contribution in [1.29, 1.82) is 0 Å². The van der Waals surface area contributed by atoms with Gasteiger partial charge in [0.2, 0.25) is 5.91 Å². The molecule has 0 saturated carbocycles. The molecule has 0 unspecified atom stereocenters. The average Bonchev–Trinajstić information content (AvgIpc) is 3.35. The zero-order valence-corrected chi connectivity index (χ0v) is 26.6. The van der Waals surface area contributed by atoms with E-state index in [-0.39, 0.29) is 11.6 Å². The molecule has 4 aromatic carbocycles. The van der Waals surface area contributed by atoms with Crippen molar-refractivity contribution in [2.75, 3.05) is 6.61 Å². The maximum atomic E-state index is 13.8. The van der Waals surface area contributed by atoms with Crippen molar-refractivity contribution in [1.82, 2.24) is 9.88 Å². The van der Waals surface area contributed by atoms with Crippen molar-refractivity contribution in [2.24, 2.45) is 5.73 Å². The van der Waals surface area contributed by atoms with Crippen molar-refractivity contribution in [3.8, 4) is 5.75 Å². The molecule has 44 heavy (non-hydrogen) atoms. The summed E-state index contributed by atoms with van der Waals surface area (Å²) in [7, 11) is -2.96. The molecule has 0 spiro atoms. The zero-order chi connectivity index (χ0) is 31.3. The summed E-state index contributed by atoms with van der Waals surface area (Å²) in [6, 6.07) is 36.2. The SMILES string of the molecule is Cc1cc2ccc(OCc3ccccc3)cc2n1C(=O)N[C@@H](CO[Si](c1ccccc1)(c1ccccc1)C(C)(C)C)C(N)=O. The number of ether oxygens (including phenoxy) is 1. The Hall–Kier alpha value is -4.66. The van der Waals surface area contributed by atoms with Crippen LogP contribution in [0.2, 0.25) is 5.04 Å². The van der Waals surface area contributed by atoms with E-state index in [4.69, 9.17) is 14.9 Å². The van der Waals surface area contributed by atoms with Crippen LogP contribution < -0.4 is 26.2 Å². The summed E-state index contributed by atoms with van der Waals surface area (Å²) in [5, 5.41) is 5.59. The predicted octanol–water partition coefficient (Wildman–Crippen LogP) is 5.52. The highest BCUT2D eigenvalue weighted by atomic mass is 28.4. The molecule has 2 amide bonds. The standard InChI is InChI=1S/C36H39N3O4Si/c1-26-22-28-20-21-29(42-24-27-14-8-5-9-15-27)23-33(28)39(26)35(41)38-32(34(37)40)25-43-44(36(2,3)4,30-16-10-6-11-17-30)31-18-12-7-13-19-31/h5-23,32H,24-25H2,1-4H3,(H2,37,40)(H,38,41)/t32-/m0/s1. The Bertz CT molecular complexity index is 1690. The number of nitrogens with zero attached hydrogens (tertiary/aromatic N) is 1. The van der Waals surface area contributed by atoms with Crippen LogP contribution in [0.15, 0.2) is 115 Å². The van der Waals surface area contributed by atoms with Gasteiger partial charge in [-0.15, -0.1) is 0 Å². The second-order valence-corrected chi connectivity index (χ2v) is 16.3. The van der Waals surface area contributed by atoms with Crippen LogP contribution >= 0.6 is 0 Å². The van der Waals surface area contributed by atoms with Crippen LogP contribution in [0.25, 0.3) is 10.9 Å². The number of primary amides is 1. The summed E-state index contributed by atoms with van der Waals surface area (Å²) in [6.45, 7) is 8.65. The number of aromatic nitrogens is 1. The second kappa shape index (κ2) is 12.9. The van der Waals surface area contributed by atoms with Crippen molar-refractivity contribution in [3.63, 3.8) is 0 Å². The predicted molar refractivity (Wildman–Crippen MR) is 178 cm³/mol. The van der Waals surface area contributed by atoms with Gasteiger partial charge in [-0.25, -0.2) is 4.79 Å². The number of nitrogens with two attached hydrogens (primary N) is 1. The molecule has 0 saturated heterocycles. The minimum atomic E-state index is -2.96. The molecule has 5 aromatic rings. The fourth-order valence-corrected chi connectivity index (χ4v) is 10.4. The molecule has 7 nitrogen and oxygen atoms in total. The summed E-state index contributed by atoms with van der Waals surface area (Å²) in [5.41, 5.74) is 8.30. The number of hydrogen-bond acceptors (Lipinski definition) is 4. The summed E-state index contributed by atoms with van der Waals surface area (Å²) < 4.78 is 14.5. The van der Waals surface area contributed by atoms with Gasteiger partial charge in [0.1, 0.15) is 18.4 Å². The third-order valence-corrected chi connectivity index (χ3v) is 12.9. The first-order valence-corrected chi connectivity index (χ1v) is 16.6. The summed E-state index contributed by atoms with van der Waals surface area (Å²) in [5.74, 6) is -0.0350. The zero-order valence-electron chi connectivity index (χ0n) is 25.6. The fourth-order valence-electron chi connectivity index (χ4n) is 5.80. The molecule has 226 valence electrons. The molecule has 0 aliphatic rings. The van der Waals surface area contributed by atoms with Gasteiger partial charge >= 0.3 is 6.03 Å². The van der Waals surface area contributed by atoms with Gasteiger partial charge < -0.3 is 20.2 Å². The third kappa shape index (κ3) is 6.32. The second-order valence-electron chi connectivity index (χ2n) is 12.0. The highest BCUT2D eigenvalue weighted by molar-refractivity contribution is 6.99. The van der Waals surface area contributed by atoms with E-state index in [1.165, 1.54) is 0 Å². The smallest absolute Gasteiger partial charge is 0.326 e. The number of hydrogen-bond donors (Lipinski definition) is 2. The van der Waals surface area contributed by atoms with Gasteiger partial charge in [-0.2, -0.15) is 0 Å². The Morgan fingerprint density at radius 3 is 1.95 bits per heavy atom. The van der Waals surface area contributed by atoms with E-state index in [9.17, 15) is 9.59 Å². The molecule has 0 aliphatic carbocycles. The van der Waals surface area contributed by atoms with Gasteiger partial charge in [0.05, 0.1) is 12.1 Å². The monoisotopic (exact) mass is 605 g/mol. The van der Waals surface area contributed by atoms with Gasteiger partial charge in [-0.05, 0) is 46.1 Å². The van der Waals surface area contributed by atoms with E-state index in [2.05, 4.69) is 50.4 Å². The summed E-state index contributed by atoms with van der Waals surface area (Å²) in [4.78, 5) is 26.5. The molecule has 5 rings (SSSR count). The molecule has 1 heterocycles. The molecule has 1 aromatic heterocycles. The number of aryl methyl sites for hydroxylation is 1. The number of carbonyl (C=O) groups excluding carboxylic acids is 2. The molecular weight excluding hydrogens is 566 g/mol. The first-order chi connectivity index (χ1) is 21.1. The van der Waals surface area contributed by atoms with Gasteiger partial charge in [0, 0.05) is 17.1 Å². The Kier molecular flexibility index (Phi) is 9.03. The van der Waals surface area contributed by atoms with Crippen molar-refractivity contribution in [2.45, 2.75) is 45.4 Å². The molecule has 0 fully saturated rings. The molecule has 3 N–H and O–H groups in total. The van der Waals surface area contributed by atoms with Gasteiger partial charge in [0.25, 0.3) is 8.32 Å². The Morgan fingerprint density at radius 1 is 0.841 bits per heavy atom. The minimum Gasteiger partial charge on any atom is -0.489 e. The van der Waals surface area contributed by atoms with E-state index < -0.39 is 26.3 Å². The molecule has 0 bridgehead atoms. The van der Waals surface area contributed by atoms with Crippen LogP contribution in [0.4, 0.5) is 4.79 Å². The van der Waals surface area contributed by atoms with Crippen molar-refractivity contribution < 1.29 is 18.8 Å². The highest BCUT2D eigenvalue weighted by Crippen LogP contribution is 2.37. The van der Waals surface area contributed by atoms with Crippen LogP contribution in [0.5, 0.6) is 5.75 Å². The van der Waals surface area contributed by atoms with E-state index in [1.54, 1.807) is 4.57 Å². The minimum absolute atomic E-state index is 0.0714. The molecule has 1 atom stereocenters. The highest BCUT2D eigenvalue weighted by Gasteiger charge is 2.50. The number of nitrogens with one attached hydrogen (secondary N) is 1. The number of amides is 2. The third-order valence-electron chi connectivity index (χ3n) is 7.94. The number of benzene rings is 4. The van der Waals surface area contributed by atoms with Gasteiger partial charge in [0.15, 0.2) is 0 Å². The first-order valence-electron chi connectivity index (χ1n) is 14.7. The lowest BCUT2D eigenvalue weighted by molar-refractivity contribution is -0.120. The van der Waals surface area contributed by atoms with E-state index in [0.29, 0.717) is 23.6 Å². The fraction of sp³-hybridized carbons (Fsp3) is 0.222. The largest absolute Gasteiger partial charge is 0.489 e. The average molecular weight is 606 g/mol. The maximum Gasteiger partial charge on any atom is 0.326 e. The topological polar surface area (TPSA) is 95.6 Å². The van der Waals surface area contributed by atoms with Crippen LogP contribution in [0.3, 0.4) is 0 Å². The Balaban J connectivity index is 1.42. The number of carbonyl (C=O) groups is 2. The first kappa shape index (κ1) is 30.8. The van der Waals surface area contributed by atoms with Crippen LogP contribution in [-0.2, 0) is 15.8 Å². The maximum absolute atomic E-state index is 13.8. The number of fused-ring (bicyclic) bond motifs is 1. The molecule has 0 radical (unpaired) electrons. The molecule has 0 aliphatic heterocycles. The van der Waals surface area contributed by atoms with Crippen LogP contribution in [-0.4, -0.2) is 37.5 Å². The van der Waals surface area contributed by atoms with Crippen LogP contribution in [0.1, 0.15) is 32.0 Å². The van der Waals surface area contributed by atoms with E-state index >= 15 is 0 Å². The lowest BCUT2D eigenvalue weighted by Gasteiger charge is -2.43. The molecular formula is C36H39N3O4Si. The van der Waals surface area contributed by atoms with Crippen molar-refractivity contribution in [3.05, 3.63) is 127 Å². The van der Waals surface area contributed by atoms with Gasteiger partial charge in [-0.3, -0.25) is 9.36 Å². The summed E-state index contributed by atoms with van der Waals surface area (Å²) in [6.07, 6.45) is 0. The quantitative estimate of drug-likeness (QED) is 0.205. The normalized spacial score (nSPS) is 12.5.